The maximum atomic E-state index is 9.82. The fourth-order valence-corrected chi connectivity index (χ4v) is 0.891. The van der Waals surface area contributed by atoms with Crippen molar-refractivity contribution in [2.75, 3.05) is 6.61 Å². The summed E-state index contributed by atoms with van der Waals surface area (Å²) in [6.07, 6.45) is 0. The molecule has 19 heavy (non-hydrogen) atoms. The molecular formula is C15H24N2O2. The molecule has 0 fully saturated rings. The normalized spacial score (nSPS) is 8.00. The van der Waals surface area contributed by atoms with Crippen LogP contribution in [0.5, 0.6) is 0 Å². The zero-order valence-corrected chi connectivity index (χ0v) is 12.2. The molecule has 0 saturated heterocycles. The Bertz CT molecular complexity index is 382. The lowest BCUT2D eigenvalue weighted by Gasteiger charge is -1.92. The minimum absolute atomic E-state index is 0.211. The second-order valence-electron chi connectivity index (χ2n) is 3.76. The van der Waals surface area contributed by atoms with E-state index in [2.05, 4.69) is 11.3 Å². The number of benzene rings is 1. The van der Waals surface area contributed by atoms with Crippen LogP contribution in [0.1, 0.15) is 33.3 Å². The number of allylic oxidation sites excluding steroid dienone is 1. The number of carbonyl (C=O) groups is 1. The smallest absolute Gasteiger partial charge is 0.302 e. The second-order valence-corrected chi connectivity index (χ2v) is 3.76. The average Bonchev–Trinajstić information content (AvgIpc) is 2.30. The molecule has 3 N–H and O–H groups in total. The van der Waals surface area contributed by atoms with E-state index in [1.807, 2.05) is 30.3 Å². The van der Waals surface area contributed by atoms with Gasteiger partial charge in [-0.25, -0.2) is 0 Å². The van der Waals surface area contributed by atoms with Crippen LogP contribution in [0.2, 0.25) is 0 Å². The Morgan fingerprint density at radius 1 is 1.26 bits per heavy atom. The number of carbonyl (C=O) groups excluding carboxylic acids is 1. The summed E-state index contributed by atoms with van der Waals surface area (Å²) in [5, 5.41) is 7.24. The van der Waals surface area contributed by atoms with Gasteiger partial charge in [0, 0.05) is 12.6 Å². The van der Waals surface area contributed by atoms with Gasteiger partial charge >= 0.3 is 5.97 Å². The van der Waals surface area contributed by atoms with Crippen molar-refractivity contribution in [3.05, 3.63) is 48.2 Å². The van der Waals surface area contributed by atoms with Crippen molar-refractivity contribution in [2.24, 2.45) is 5.73 Å². The van der Waals surface area contributed by atoms with Gasteiger partial charge < -0.3 is 15.9 Å². The molecule has 0 radical (unpaired) electrons. The van der Waals surface area contributed by atoms with Gasteiger partial charge in [0.2, 0.25) is 0 Å². The number of esters is 1. The van der Waals surface area contributed by atoms with Gasteiger partial charge in [0.1, 0.15) is 0 Å². The molecule has 0 atom stereocenters. The molecule has 0 spiro atoms. The Morgan fingerprint density at radius 2 is 1.68 bits per heavy atom. The van der Waals surface area contributed by atoms with Crippen LogP contribution in [0.15, 0.2) is 42.6 Å². The third-order valence-corrected chi connectivity index (χ3v) is 1.55. The number of rotatable bonds is 2. The van der Waals surface area contributed by atoms with E-state index in [-0.39, 0.29) is 5.97 Å². The van der Waals surface area contributed by atoms with Crippen LogP contribution in [0.4, 0.5) is 0 Å². The molecular weight excluding hydrogens is 240 g/mol. The van der Waals surface area contributed by atoms with Gasteiger partial charge in [-0.2, -0.15) is 0 Å². The molecule has 0 aliphatic carbocycles. The highest BCUT2D eigenvalue weighted by molar-refractivity contribution is 5.96. The minimum Gasteiger partial charge on any atom is -0.466 e. The molecule has 1 aromatic carbocycles. The topological polar surface area (TPSA) is 76.2 Å². The van der Waals surface area contributed by atoms with E-state index in [9.17, 15) is 4.79 Å². The predicted molar refractivity (Wildman–Crippen MR) is 80.3 cm³/mol. The van der Waals surface area contributed by atoms with E-state index in [1.54, 1.807) is 20.8 Å². The van der Waals surface area contributed by atoms with Gasteiger partial charge in [-0.3, -0.25) is 4.79 Å². The Hall–Kier alpha value is -2.10. The highest BCUT2D eigenvalue weighted by Gasteiger charge is 1.88. The first-order valence-electron chi connectivity index (χ1n) is 5.96. The van der Waals surface area contributed by atoms with Crippen LogP contribution >= 0.6 is 0 Å². The van der Waals surface area contributed by atoms with Crippen molar-refractivity contribution >= 4 is 11.7 Å². The molecule has 0 aliphatic rings. The predicted octanol–water partition coefficient (Wildman–Crippen LogP) is 3.12. The highest BCUT2D eigenvalue weighted by atomic mass is 16.5. The minimum atomic E-state index is -0.211. The summed E-state index contributed by atoms with van der Waals surface area (Å²) >= 11 is 0. The van der Waals surface area contributed by atoms with E-state index in [0.29, 0.717) is 18.0 Å². The van der Waals surface area contributed by atoms with Gasteiger partial charge in [-0.1, -0.05) is 36.9 Å². The summed E-state index contributed by atoms with van der Waals surface area (Å²) in [5.41, 5.74) is 7.20. The zero-order chi connectivity index (χ0) is 15.3. The zero-order valence-electron chi connectivity index (χ0n) is 12.2. The van der Waals surface area contributed by atoms with E-state index >= 15 is 0 Å². The average molecular weight is 264 g/mol. The summed E-state index contributed by atoms with van der Waals surface area (Å²) in [5.74, 6) is -0.211. The molecule has 0 unspecified atom stereocenters. The largest absolute Gasteiger partial charge is 0.466 e. The summed E-state index contributed by atoms with van der Waals surface area (Å²) < 4.78 is 4.40. The van der Waals surface area contributed by atoms with Crippen LogP contribution in [-0.2, 0) is 9.53 Å². The van der Waals surface area contributed by atoms with Gasteiger partial charge in [-0.05, 0) is 32.0 Å². The number of hydrogen-bond acceptors (Lipinski definition) is 4. The molecule has 0 aliphatic heterocycles. The summed E-state index contributed by atoms with van der Waals surface area (Å²) in [6.45, 7) is 10.5. The van der Waals surface area contributed by atoms with Crippen molar-refractivity contribution in [1.29, 1.82) is 5.41 Å². The van der Waals surface area contributed by atoms with Gasteiger partial charge in [0.05, 0.1) is 6.61 Å². The fraction of sp³-hybridized carbons (Fsp3) is 0.333. The number of hydrogen-bond donors (Lipinski definition) is 2. The highest BCUT2D eigenvalue weighted by Crippen LogP contribution is 1.97. The SMILES string of the molecule is C=C(C)N.CC(=N)c1ccccc1.CCOC(C)=O. The van der Waals surface area contributed by atoms with E-state index in [1.165, 1.54) is 6.92 Å². The van der Waals surface area contributed by atoms with E-state index in [0.717, 1.165) is 5.56 Å². The van der Waals surface area contributed by atoms with Crippen LogP contribution in [0.25, 0.3) is 0 Å². The molecule has 4 nitrogen and oxygen atoms in total. The summed E-state index contributed by atoms with van der Waals surface area (Å²) in [6, 6.07) is 9.69. The van der Waals surface area contributed by atoms with Crippen molar-refractivity contribution < 1.29 is 9.53 Å². The molecule has 0 amide bonds. The second kappa shape index (κ2) is 12.4. The summed E-state index contributed by atoms with van der Waals surface area (Å²) in [4.78, 5) is 9.82. The standard InChI is InChI=1S/C8H9N.C4H8O2.C3H7N/c1-7(9)8-5-3-2-4-6-8;1-3-6-4(2)5;1-3(2)4/h2-6,9H,1H3;3H2,1-2H3;1,4H2,2H3. The molecule has 1 rings (SSSR count). The molecule has 0 bridgehead atoms. The van der Waals surface area contributed by atoms with E-state index < -0.39 is 0 Å². The number of nitrogens with two attached hydrogens (primary N) is 1. The lowest BCUT2D eigenvalue weighted by Crippen LogP contribution is -1.95. The lowest BCUT2D eigenvalue weighted by atomic mass is 10.1. The first-order valence-corrected chi connectivity index (χ1v) is 5.96. The van der Waals surface area contributed by atoms with Crippen LogP contribution in [0, 0.1) is 5.41 Å². The number of nitrogens with one attached hydrogen (secondary N) is 1. The fourth-order valence-electron chi connectivity index (χ4n) is 0.891. The first kappa shape index (κ1) is 19.2. The molecule has 106 valence electrons. The third kappa shape index (κ3) is 18.5. The van der Waals surface area contributed by atoms with Crippen LogP contribution in [0.3, 0.4) is 0 Å². The summed E-state index contributed by atoms with van der Waals surface area (Å²) in [7, 11) is 0. The van der Waals surface area contributed by atoms with Crippen molar-refractivity contribution in [3.8, 4) is 0 Å². The molecule has 0 aromatic heterocycles. The maximum absolute atomic E-state index is 9.82. The van der Waals surface area contributed by atoms with Crippen LogP contribution < -0.4 is 5.73 Å². The van der Waals surface area contributed by atoms with E-state index in [4.69, 9.17) is 11.1 Å². The molecule has 0 saturated carbocycles. The maximum Gasteiger partial charge on any atom is 0.302 e. The van der Waals surface area contributed by atoms with Crippen LogP contribution in [-0.4, -0.2) is 18.3 Å². The first-order chi connectivity index (χ1) is 8.81. The molecule has 4 heteroatoms. The Balaban J connectivity index is 0. The van der Waals surface area contributed by atoms with Crippen molar-refractivity contribution in [2.45, 2.75) is 27.7 Å². The van der Waals surface area contributed by atoms with Crippen molar-refractivity contribution in [1.82, 2.24) is 0 Å². The quantitative estimate of drug-likeness (QED) is 0.636. The monoisotopic (exact) mass is 264 g/mol. The molecule has 1 aromatic rings. The van der Waals surface area contributed by atoms with Gasteiger partial charge in [-0.15, -0.1) is 0 Å². The number of ether oxygens (including phenoxy) is 1. The Labute approximate surface area is 115 Å². The Morgan fingerprint density at radius 3 is 1.84 bits per heavy atom. The van der Waals surface area contributed by atoms with Gasteiger partial charge in [0.15, 0.2) is 0 Å². The third-order valence-electron chi connectivity index (χ3n) is 1.55. The lowest BCUT2D eigenvalue weighted by molar-refractivity contribution is -0.140. The van der Waals surface area contributed by atoms with Gasteiger partial charge in [0.25, 0.3) is 0 Å². The Kier molecular flexibility index (Phi) is 12.5. The van der Waals surface area contributed by atoms with Crippen molar-refractivity contribution in [3.63, 3.8) is 0 Å². The molecule has 0 heterocycles.